The SMILES string of the molecule is CC(C)NCCCc1occc1Br. The summed E-state index contributed by atoms with van der Waals surface area (Å²) >= 11 is 3.43. The molecule has 0 unspecified atom stereocenters. The first-order chi connectivity index (χ1) is 6.20. The van der Waals surface area contributed by atoms with Gasteiger partial charge in [-0.05, 0) is 35.0 Å². The molecular weight excluding hydrogens is 230 g/mol. The molecule has 3 heteroatoms. The number of hydrogen-bond donors (Lipinski definition) is 1. The fourth-order valence-corrected chi connectivity index (χ4v) is 1.54. The molecular formula is C10H16BrNO. The van der Waals surface area contributed by atoms with Gasteiger partial charge in [-0.1, -0.05) is 13.8 Å². The molecule has 0 saturated carbocycles. The Balaban J connectivity index is 2.17. The van der Waals surface area contributed by atoms with Crippen LogP contribution in [-0.2, 0) is 6.42 Å². The Morgan fingerprint density at radius 2 is 2.31 bits per heavy atom. The highest BCUT2D eigenvalue weighted by atomic mass is 79.9. The molecule has 0 aliphatic rings. The van der Waals surface area contributed by atoms with Gasteiger partial charge < -0.3 is 9.73 Å². The molecule has 0 saturated heterocycles. The highest BCUT2D eigenvalue weighted by Crippen LogP contribution is 2.18. The standard InChI is InChI=1S/C10H16BrNO/c1-8(2)12-6-3-4-10-9(11)5-7-13-10/h5,7-8,12H,3-4,6H2,1-2H3. The van der Waals surface area contributed by atoms with Gasteiger partial charge in [0.1, 0.15) is 5.76 Å². The lowest BCUT2D eigenvalue weighted by Gasteiger charge is -2.06. The fourth-order valence-electron chi connectivity index (χ4n) is 1.14. The summed E-state index contributed by atoms with van der Waals surface area (Å²) in [5, 5.41) is 3.37. The summed E-state index contributed by atoms with van der Waals surface area (Å²) in [6.07, 6.45) is 3.83. The van der Waals surface area contributed by atoms with Crippen molar-refractivity contribution >= 4 is 15.9 Å². The molecule has 0 aliphatic carbocycles. The van der Waals surface area contributed by atoms with Gasteiger partial charge in [-0.15, -0.1) is 0 Å². The van der Waals surface area contributed by atoms with E-state index in [1.54, 1.807) is 6.26 Å². The van der Waals surface area contributed by atoms with Crippen molar-refractivity contribution in [2.24, 2.45) is 0 Å². The van der Waals surface area contributed by atoms with Crippen molar-refractivity contribution in [2.75, 3.05) is 6.54 Å². The zero-order chi connectivity index (χ0) is 9.68. The first-order valence-corrected chi connectivity index (χ1v) is 5.44. The summed E-state index contributed by atoms with van der Waals surface area (Å²) in [5.41, 5.74) is 0. The van der Waals surface area contributed by atoms with Crippen LogP contribution in [0.4, 0.5) is 0 Å². The molecule has 0 radical (unpaired) electrons. The lowest BCUT2D eigenvalue weighted by Crippen LogP contribution is -2.23. The maximum Gasteiger partial charge on any atom is 0.117 e. The number of hydrogen-bond acceptors (Lipinski definition) is 2. The normalized spacial score (nSPS) is 11.1. The van der Waals surface area contributed by atoms with Gasteiger partial charge in [0.05, 0.1) is 10.7 Å². The lowest BCUT2D eigenvalue weighted by atomic mass is 10.2. The number of aryl methyl sites for hydroxylation is 1. The molecule has 1 rings (SSSR count). The molecule has 0 atom stereocenters. The van der Waals surface area contributed by atoms with E-state index in [1.165, 1.54) is 0 Å². The van der Waals surface area contributed by atoms with E-state index in [2.05, 4.69) is 35.1 Å². The first-order valence-electron chi connectivity index (χ1n) is 4.65. The first kappa shape index (κ1) is 10.8. The summed E-state index contributed by atoms with van der Waals surface area (Å²) in [6.45, 7) is 5.36. The number of furan rings is 1. The average molecular weight is 246 g/mol. The van der Waals surface area contributed by atoms with Crippen LogP contribution in [0.25, 0.3) is 0 Å². The van der Waals surface area contributed by atoms with Crippen molar-refractivity contribution in [3.8, 4) is 0 Å². The van der Waals surface area contributed by atoms with Crippen LogP contribution in [0.15, 0.2) is 21.2 Å². The fraction of sp³-hybridized carbons (Fsp3) is 0.600. The highest BCUT2D eigenvalue weighted by Gasteiger charge is 2.02. The van der Waals surface area contributed by atoms with E-state index in [4.69, 9.17) is 4.42 Å². The summed E-state index contributed by atoms with van der Waals surface area (Å²) in [4.78, 5) is 0. The van der Waals surface area contributed by atoms with Crippen LogP contribution >= 0.6 is 15.9 Å². The van der Waals surface area contributed by atoms with Gasteiger partial charge in [0, 0.05) is 12.5 Å². The van der Waals surface area contributed by atoms with Crippen molar-refractivity contribution in [3.63, 3.8) is 0 Å². The van der Waals surface area contributed by atoms with Gasteiger partial charge in [-0.25, -0.2) is 0 Å². The van der Waals surface area contributed by atoms with Crippen LogP contribution < -0.4 is 5.32 Å². The largest absolute Gasteiger partial charge is 0.468 e. The molecule has 1 N–H and O–H groups in total. The molecule has 74 valence electrons. The number of rotatable bonds is 5. The second-order valence-corrected chi connectivity index (χ2v) is 4.26. The van der Waals surface area contributed by atoms with Crippen molar-refractivity contribution < 1.29 is 4.42 Å². The topological polar surface area (TPSA) is 25.2 Å². The second kappa shape index (κ2) is 5.45. The van der Waals surface area contributed by atoms with E-state index < -0.39 is 0 Å². The smallest absolute Gasteiger partial charge is 0.117 e. The number of nitrogens with one attached hydrogen (secondary N) is 1. The van der Waals surface area contributed by atoms with Gasteiger partial charge in [-0.2, -0.15) is 0 Å². The van der Waals surface area contributed by atoms with Gasteiger partial charge >= 0.3 is 0 Å². The molecule has 13 heavy (non-hydrogen) atoms. The van der Waals surface area contributed by atoms with E-state index in [0.717, 1.165) is 29.6 Å². The van der Waals surface area contributed by atoms with E-state index in [0.29, 0.717) is 6.04 Å². The van der Waals surface area contributed by atoms with Crippen LogP contribution in [0, 0.1) is 0 Å². The van der Waals surface area contributed by atoms with Crippen molar-refractivity contribution in [1.82, 2.24) is 5.32 Å². The summed E-state index contributed by atoms with van der Waals surface area (Å²) in [7, 11) is 0. The minimum atomic E-state index is 0.569. The molecule has 0 fully saturated rings. The Bertz CT molecular complexity index is 245. The number of halogens is 1. The molecule has 0 bridgehead atoms. The van der Waals surface area contributed by atoms with Gasteiger partial charge in [0.2, 0.25) is 0 Å². The maximum atomic E-state index is 5.30. The Kier molecular flexibility index (Phi) is 4.53. The monoisotopic (exact) mass is 245 g/mol. The molecule has 0 aromatic carbocycles. The molecule has 1 aromatic rings. The molecule has 0 spiro atoms. The van der Waals surface area contributed by atoms with Gasteiger partial charge in [0.25, 0.3) is 0 Å². The predicted molar refractivity (Wildman–Crippen MR) is 57.9 cm³/mol. The Morgan fingerprint density at radius 3 is 2.85 bits per heavy atom. The van der Waals surface area contributed by atoms with E-state index in [9.17, 15) is 0 Å². The maximum absolute atomic E-state index is 5.30. The van der Waals surface area contributed by atoms with Crippen LogP contribution in [0.1, 0.15) is 26.0 Å². The van der Waals surface area contributed by atoms with Gasteiger partial charge in [-0.3, -0.25) is 0 Å². The van der Waals surface area contributed by atoms with Crippen LogP contribution in [0.2, 0.25) is 0 Å². The zero-order valence-corrected chi connectivity index (χ0v) is 9.73. The van der Waals surface area contributed by atoms with E-state index in [-0.39, 0.29) is 0 Å². The van der Waals surface area contributed by atoms with Crippen molar-refractivity contribution in [3.05, 3.63) is 22.6 Å². The average Bonchev–Trinajstić information content (AvgIpc) is 2.45. The molecule has 0 aliphatic heterocycles. The predicted octanol–water partition coefficient (Wildman–Crippen LogP) is 2.97. The summed E-state index contributed by atoms with van der Waals surface area (Å²) in [6, 6.07) is 2.51. The van der Waals surface area contributed by atoms with Crippen LogP contribution in [0.5, 0.6) is 0 Å². The van der Waals surface area contributed by atoms with Crippen molar-refractivity contribution in [2.45, 2.75) is 32.7 Å². The molecule has 1 aromatic heterocycles. The molecule has 2 nitrogen and oxygen atoms in total. The third kappa shape index (κ3) is 3.96. The lowest BCUT2D eigenvalue weighted by molar-refractivity contribution is 0.486. The van der Waals surface area contributed by atoms with Crippen LogP contribution in [-0.4, -0.2) is 12.6 Å². The Hall–Kier alpha value is -0.280. The van der Waals surface area contributed by atoms with E-state index in [1.807, 2.05) is 6.07 Å². The minimum absolute atomic E-state index is 0.569. The van der Waals surface area contributed by atoms with Gasteiger partial charge in [0.15, 0.2) is 0 Å². The zero-order valence-electron chi connectivity index (χ0n) is 8.14. The quantitative estimate of drug-likeness (QED) is 0.808. The molecule has 0 amide bonds. The summed E-state index contributed by atoms with van der Waals surface area (Å²) < 4.78 is 6.38. The van der Waals surface area contributed by atoms with Crippen molar-refractivity contribution in [1.29, 1.82) is 0 Å². The third-order valence-corrected chi connectivity index (χ3v) is 2.53. The summed E-state index contributed by atoms with van der Waals surface area (Å²) in [5.74, 6) is 1.05. The second-order valence-electron chi connectivity index (χ2n) is 3.40. The highest BCUT2D eigenvalue weighted by molar-refractivity contribution is 9.10. The Morgan fingerprint density at radius 1 is 1.54 bits per heavy atom. The minimum Gasteiger partial charge on any atom is -0.468 e. The third-order valence-electron chi connectivity index (χ3n) is 1.82. The van der Waals surface area contributed by atoms with Crippen LogP contribution in [0.3, 0.4) is 0 Å². The van der Waals surface area contributed by atoms with E-state index >= 15 is 0 Å². The Labute approximate surface area is 87.8 Å². The molecule has 1 heterocycles.